The quantitative estimate of drug-likeness (QED) is 0.873. The van der Waals surface area contributed by atoms with E-state index in [4.69, 9.17) is 5.73 Å². The van der Waals surface area contributed by atoms with E-state index in [1.54, 1.807) is 11.3 Å². The van der Waals surface area contributed by atoms with E-state index in [-0.39, 0.29) is 6.04 Å². The Balaban J connectivity index is 1.73. The Morgan fingerprint density at radius 2 is 2.18 bits per heavy atom. The summed E-state index contributed by atoms with van der Waals surface area (Å²) in [7, 11) is 0. The molecule has 0 saturated carbocycles. The third kappa shape index (κ3) is 2.11. The molecule has 2 unspecified atom stereocenters. The van der Waals surface area contributed by atoms with Crippen molar-refractivity contribution >= 4 is 11.3 Å². The van der Waals surface area contributed by atoms with Crippen LogP contribution in [0.1, 0.15) is 34.5 Å². The highest BCUT2D eigenvalue weighted by Crippen LogP contribution is 2.37. The lowest BCUT2D eigenvalue weighted by molar-refractivity contribution is 0.500. The average molecular weight is 245 g/mol. The molecule has 2 aromatic rings. The molecule has 1 aromatic carbocycles. The molecule has 1 aromatic heterocycles. The van der Waals surface area contributed by atoms with Gasteiger partial charge in [-0.15, -0.1) is 11.3 Å². The zero-order chi connectivity index (χ0) is 11.7. The van der Waals surface area contributed by atoms with Gasteiger partial charge in [-0.05, 0) is 17.5 Å². The molecule has 0 radical (unpaired) electrons. The maximum absolute atomic E-state index is 6.14. The van der Waals surface area contributed by atoms with E-state index in [2.05, 4.69) is 34.6 Å². The van der Waals surface area contributed by atoms with Crippen molar-refractivity contribution in [3.05, 3.63) is 52.0 Å². The van der Waals surface area contributed by atoms with Crippen LogP contribution in [0.25, 0.3) is 0 Å². The van der Waals surface area contributed by atoms with Crippen molar-refractivity contribution < 1.29 is 0 Å². The van der Waals surface area contributed by atoms with Crippen LogP contribution in [0.15, 0.2) is 36.0 Å². The molecule has 0 bridgehead atoms. The molecule has 3 nitrogen and oxygen atoms in total. The van der Waals surface area contributed by atoms with E-state index in [1.807, 2.05) is 11.7 Å². The summed E-state index contributed by atoms with van der Waals surface area (Å²) >= 11 is 1.68. The standard InChI is InChI=1S/C13H15N3S/c14-12-5-13(11-4-2-1-3-10(11)12)16-7-9-6-15-8-17-9/h1-4,6,8,12-13,16H,5,7,14H2. The van der Waals surface area contributed by atoms with Gasteiger partial charge in [0.05, 0.1) is 5.51 Å². The van der Waals surface area contributed by atoms with Crippen molar-refractivity contribution in [3.63, 3.8) is 0 Å². The molecule has 0 aliphatic heterocycles. The van der Waals surface area contributed by atoms with Gasteiger partial charge in [0, 0.05) is 29.7 Å². The number of hydrogen-bond acceptors (Lipinski definition) is 4. The minimum Gasteiger partial charge on any atom is -0.324 e. The van der Waals surface area contributed by atoms with Crippen LogP contribution in [0.4, 0.5) is 0 Å². The van der Waals surface area contributed by atoms with Gasteiger partial charge >= 0.3 is 0 Å². The number of nitrogens with two attached hydrogens (primary N) is 1. The molecule has 3 N–H and O–H groups in total. The van der Waals surface area contributed by atoms with Gasteiger partial charge in [0.15, 0.2) is 0 Å². The molecular weight excluding hydrogens is 230 g/mol. The van der Waals surface area contributed by atoms with Crippen LogP contribution in [0, 0.1) is 0 Å². The third-order valence-electron chi connectivity index (χ3n) is 3.27. The van der Waals surface area contributed by atoms with Crippen molar-refractivity contribution in [2.75, 3.05) is 0 Å². The highest BCUT2D eigenvalue weighted by Gasteiger charge is 2.27. The SMILES string of the molecule is NC1CC(NCc2cncs2)c2ccccc21. The maximum Gasteiger partial charge on any atom is 0.0794 e. The van der Waals surface area contributed by atoms with Gasteiger partial charge in [-0.25, -0.2) is 0 Å². The maximum atomic E-state index is 6.14. The van der Waals surface area contributed by atoms with Gasteiger partial charge in [-0.1, -0.05) is 24.3 Å². The fourth-order valence-corrected chi connectivity index (χ4v) is 2.97. The van der Waals surface area contributed by atoms with E-state index in [1.165, 1.54) is 16.0 Å². The molecule has 17 heavy (non-hydrogen) atoms. The predicted molar refractivity (Wildman–Crippen MR) is 69.7 cm³/mol. The number of nitrogens with zero attached hydrogens (tertiary/aromatic N) is 1. The molecular formula is C13H15N3S. The third-order valence-corrected chi connectivity index (χ3v) is 4.05. The van der Waals surface area contributed by atoms with Crippen LogP contribution in [0.5, 0.6) is 0 Å². The molecule has 0 fully saturated rings. The van der Waals surface area contributed by atoms with Crippen molar-refractivity contribution in [1.82, 2.24) is 10.3 Å². The van der Waals surface area contributed by atoms with Crippen molar-refractivity contribution in [1.29, 1.82) is 0 Å². The highest BCUT2D eigenvalue weighted by atomic mass is 32.1. The van der Waals surface area contributed by atoms with Gasteiger partial charge < -0.3 is 11.1 Å². The Labute approximate surface area is 105 Å². The van der Waals surface area contributed by atoms with Crippen LogP contribution in [-0.2, 0) is 6.54 Å². The van der Waals surface area contributed by atoms with Gasteiger partial charge in [0.25, 0.3) is 0 Å². The van der Waals surface area contributed by atoms with Crippen LogP contribution in [-0.4, -0.2) is 4.98 Å². The van der Waals surface area contributed by atoms with Gasteiger partial charge in [0.2, 0.25) is 0 Å². The Kier molecular flexibility index (Phi) is 2.93. The zero-order valence-corrected chi connectivity index (χ0v) is 10.3. The summed E-state index contributed by atoms with van der Waals surface area (Å²) in [6.07, 6.45) is 2.90. The highest BCUT2D eigenvalue weighted by molar-refractivity contribution is 7.09. The normalized spacial score (nSPS) is 22.6. The number of fused-ring (bicyclic) bond motifs is 1. The first-order valence-corrected chi connectivity index (χ1v) is 6.67. The molecule has 1 heterocycles. The zero-order valence-electron chi connectivity index (χ0n) is 9.47. The summed E-state index contributed by atoms with van der Waals surface area (Å²) in [5, 5.41) is 3.56. The van der Waals surface area contributed by atoms with Crippen LogP contribution < -0.4 is 11.1 Å². The molecule has 1 aliphatic carbocycles. The molecule has 3 rings (SSSR count). The molecule has 0 spiro atoms. The second kappa shape index (κ2) is 4.56. The fraction of sp³-hybridized carbons (Fsp3) is 0.308. The lowest BCUT2D eigenvalue weighted by Gasteiger charge is -2.12. The van der Waals surface area contributed by atoms with Crippen LogP contribution in [0.3, 0.4) is 0 Å². The molecule has 0 amide bonds. The molecule has 88 valence electrons. The minimum atomic E-state index is 0.171. The number of benzene rings is 1. The van der Waals surface area contributed by atoms with Crippen molar-refractivity contribution in [2.24, 2.45) is 5.73 Å². The first-order chi connectivity index (χ1) is 8.34. The lowest BCUT2D eigenvalue weighted by Crippen LogP contribution is -2.19. The first-order valence-electron chi connectivity index (χ1n) is 5.80. The van der Waals surface area contributed by atoms with Crippen molar-refractivity contribution in [3.8, 4) is 0 Å². The van der Waals surface area contributed by atoms with Gasteiger partial charge in [-0.2, -0.15) is 0 Å². The van der Waals surface area contributed by atoms with E-state index in [0.717, 1.165) is 13.0 Å². The van der Waals surface area contributed by atoms with Crippen LogP contribution in [0.2, 0.25) is 0 Å². The molecule has 0 saturated heterocycles. The molecule has 4 heteroatoms. The van der Waals surface area contributed by atoms with Crippen molar-refractivity contribution in [2.45, 2.75) is 25.0 Å². The number of nitrogens with one attached hydrogen (secondary N) is 1. The topological polar surface area (TPSA) is 50.9 Å². The summed E-state index contributed by atoms with van der Waals surface area (Å²) < 4.78 is 0. The summed E-state index contributed by atoms with van der Waals surface area (Å²) in [5.74, 6) is 0. The van der Waals surface area contributed by atoms with E-state index in [0.29, 0.717) is 6.04 Å². The Morgan fingerprint density at radius 1 is 1.35 bits per heavy atom. The summed E-state index contributed by atoms with van der Waals surface area (Å²) in [4.78, 5) is 5.35. The minimum absolute atomic E-state index is 0.171. The number of aromatic nitrogens is 1. The number of thiazole rings is 1. The van der Waals surface area contributed by atoms with E-state index in [9.17, 15) is 0 Å². The Hall–Kier alpha value is -1.23. The molecule has 1 aliphatic rings. The van der Waals surface area contributed by atoms with Gasteiger partial charge in [0.1, 0.15) is 0 Å². The smallest absolute Gasteiger partial charge is 0.0794 e. The number of rotatable bonds is 3. The van der Waals surface area contributed by atoms with Gasteiger partial charge in [-0.3, -0.25) is 4.98 Å². The molecule has 2 atom stereocenters. The second-order valence-electron chi connectivity index (χ2n) is 4.37. The average Bonchev–Trinajstić information content (AvgIpc) is 2.96. The fourth-order valence-electron chi connectivity index (χ4n) is 2.42. The van der Waals surface area contributed by atoms with Crippen LogP contribution >= 0.6 is 11.3 Å². The van der Waals surface area contributed by atoms with E-state index >= 15 is 0 Å². The Bertz CT molecular complexity index is 495. The summed E-state index contributed by atoms with van der Waals surface area (Å²) in [5.41, 5.74) is 10.6. The first kappa shape index (κ1) is 10.9. The summed E-state index contributed by atoms with van der Waals surface area (Å²) in [6.45, 7) is 0.871. The second-order valence-corrected chi connectivity index (χ2v) is 5.34. The predicted octanol–water partition coefficient (Wildman–Crippen LogP) is 2.38. The largest absolute Gasteiger partial charge is 0.324 e. The van der Waals surface area contributed by atoms with E-state index < -0.39 is 0 Å². The Morgan fingerprint density at radius 3 is 2.94 bits per heavy atom. The monoisotopic (exact) mass is 245 g/mol. The summed E-state index contributed by atoms with van der Waals surface area (Å²) in [6, 6.07) is 9.00. The lowest BCUT2D eigenvalue weighted by atomic mass is 10.1. The number of hydrogen-bond donors (Lipinski definition) is 2.